The SMILES string of the molecule is CS(=O)(=O)NCCCNCc1ccccc1. The van der Waals surface area contributed by atoms with Crippen LogP contribution in [0.3, 0.4) is 0 Å². The van der Waals surface area contributed by atoms with Crippen LogP contribution in [-0.2, 0) is 16.6 Å². The second-order valence-corrected chi connectivity index (χ2v) is 5.52. The molecule has 0 aromatic heterocycles. The first-order chi connectivity index (χ1) is 7.58. The summed E-state index contributed by atoms with van der Waals surface area (Å²) in [7, 11) is -3.04. The van der Waals surface area contributed by atoms with Crippen molar-refractivity contribution in [2.75, 3.05) is 19.3 Å². The van der Waals surface area contributed by atoms with Crippen LogP contribution in [0.2, 0.25) is 0 Å². The van der Waals surface area contributed by atoms with Gasteiger partial charge in [0, 0.05) is 13.1 Å². The molecule has 0 fully saturated rings. The monoisotopic (exact) mass is 242 g/mol. The van der Waals surface area contributed by atoms with Gasteiger partial charge in [-0.05, 0) is 18.5 Å². The molecule has 0 saturated carbocycles. The van der Waals surface area contributed by atoms with Gasteiger partial charge in [-0.25, -0.2) is 13.1 Å². The molecule has 0 amide bonds. The van der Waals surface area contributed by atoms with Gasteiger partial charge in [-0.2, -0.15) is 0 Å². The molecule has 2 N–H and O–H groups in total. The number of hydrogen-bond donors (Lipinski definition) is 2. The minimum atomic E-state index is -3.04. The van der Waals surface area contributed by atoms with E-state index in [0.717, 1.165) is 19.5 Å². The van der Waals surface area contributed by atoms with Gasteiger partial charge < -0.3 is 5.32 Å². The predicted molar refractivity (Wildman–Crippen MR) is 65.6 cm³/mol. The summed E-state index contributed by atoms with van der Waals surface area (Å²) >= 11 is 0. The fourth-order valence-electron chi connectivity index (χ4n) is 1.30. The van der Waals surface area contributed by atoms with Gasteiger partial charge in [0.25, 0.3) is 0 Å². The minimum absolute atomic E-state index is 0.487. The van der Waals surface area contributed by atoms with E-state index in [4.69, 9.17) is 0 Å². The average molecular weight is 242 g/mol. The van der Waals surface area contributed by atoms with Crippen LogP contribution in [0.25, 0.3) is 0 Å². The Kier molecular flexibility index (Phi) is 5.45. The van der Waals surface area contributed by atoms with Crippen LogP contribution in [0.1, 0.15) is 12.0 Å². The number of rotatable bonds is 7. The van der Waals surface area contributed by atoms with Crippen LogP contribution in [0, 0.1) is 0 Å². The van der Waals surface area contributed by atoms with Crippen molar-refractivity contribution in [3.63, 3.8) is 0 Å². The van der Waals surface area contributed by atoms with E-state index in [0.29, 0.717) is 6.54 Å². The molecule has 90 valence electrons. The maximum atomic E-state index is 10.8. The molecule has 0 aliphatic rings. The van der Waals surface area contributed by atoms with Crippen molar-refractivity contribution in [2.45, 2.75) is 13.0 Å². The predicted octanol–water partition coefficient (Wildman–Crippen LogP) is 0.715. The number of hydrogen-bond acceptors (Lipinski definition) is 3. The van der Waals surface area contributed by atoms with Crippen LogP contribution in [0.15, 0.2) is 30.3 Å². The molecule has 4 nitrogen and oxygen atoms in total. The zero-order valence-corrected chi connectivity index (χ0v) is 10.3. The van der Waals surface area contributed by atoms with E-state index in [9.17, 15) is 8.42 Å². The summed E-state index contributed by atoms with van der Waals surface area (Å²) in [5.41, 5.74) is 1.23. The third-order valence-corrected chi connectivity index (χ3v) is 2.80. The Labute approximate surface area is 97.1 Å². The van der Waals surface area contributed by atoms with Gasteiger partial charge in [-0.1, -0.05) is 30.3 Å². The maximum Gasteiger partial charge on any atom is 0.208 e. The van der Waals surface area contributed by atoms with Crippen LogP contribution < -0.4 is 10.0 Å². The Morgan fingerprint density at radius 1 is 1.12 bits per heavy atom. The fraction of sp³-hybridized carbons (Fsp3) is 0.455. The summed E-state index contributed by atoms with van der Waals surface area (Å²) in [4.78, 5) is 0. The smallest absolute Gasteiger partial charge is 0.208 e. The summed E-state index contributed by atoms with van der Waals surface area (Å²) in [6.45, 7) is 2.11. The first-order valence-corrected chi connectivity index (χ1v) is 7.16. The second kappa shape index (κ2) is 6.62. The number of nitrogens with one attached hydrogen (secondary N) is 2. The molecule has 0 unspecified atom stereocenters. The molecule has 0 bridgehead atoms. The molecular formula is C11H18N2O2S. The second-order valence-electron chi connectivity index (χ2n) is 3.68. The van der Waals surface area contributed by atoms with Gasteiger partial charge in [-0.15, -0.1) is 0 Å². The van der Waals surface area contributed by atoms with Crippen molar-refractivity contribution < 1.29 is 8.42 Å². The maximum absolute atomic E-state index is 10.8. The molecule has 0 spiro atoms. The van der Waals surface area contributed by atoms with Crippen molar-refractivity contribution in [3.8, 4) is 0 Å². The molecule has 1 aromatic rings. The lowest BCUT2D eigenvalue weighted by Crippen LogP contribution is -2.26. The topological polar surface area (TPSA) is 58.2 Å². The van der Waals surface area contributed by atoms with Gasteiger partial charge in [0.1, 0.15) is 0 Å². The highest BCUT2D eigenvalue weighted by Crippen LogP contribution is 1.96. The first-order valence-electron chi connectivity index (χ1n) is 5.27. The highest BCUT2D eigenvalue weighted by Gasteiger charge is 1.98. The van der Waals surface area contributed by atoms with E-state index < -0.39 is 10.0 Å². The van der Waals surface area contributed by atoms with Gasteiger partial charge >= 0.3 is 0 Å². The van der Waals surface area contributed by atoms with Crippen LogP contribution >= 0.6 is 0 Å². The highest BCUT2D eigenvalue weighted by molar-refractivity contribution is 7.88. The molecular weight excluding hydrogens is 224 g/mol. The first kappa shape index (κ1) is 13.2. The molecule has 1 aromatic carbocycles. The summed E-state index contributed by atoms with van der Waals surface area (Å²) in [6, 6.07) is 10.1. The Hall–Kier alpha value is -0.910. The molecule has 0 heterocycles. The molecule has 0 atom stereocenters. The Morgan fingerprint density at radius 2 is 1.81 bits per heavy atom. The molecule has 5 heteroatoms. The standard InChI is InChI=1S/C11H18N2O2S/c1-16(14,15)13-9-5-8-12-10-11-6-3-2-4-7-11/h2-4,6-7,12-13H,5,8-10H2,1H3. The third-order valence-electron chi connectivity index (χ3n) is 2.07. The van der Waals surface area contributed by atoms with Gasteiger partial charge in [-0.3, -0.25) is 0 Å². The largest absolute Gasteiger partial charge is 0.313 e. The van der Waals surface area contributed by atoms with Crippen molar-refractivity contribution in [3.05, 3.63) is 35.9 Å². The lowest BCUT2D eigenvalue weighted by Gasteiger charge is -2.05. The summed E-state index contributed by atoms with van der Waals surface area (Å²) in [5.74, 6) is 0. The molecule has 16 heavy (non-hydrogen) atoms. The fourth-order valence-corrected chi connectivity index (χ4v) is 1.81. The molecule has 0 radical (unpaired) electrons. The summed E-state index contributed by atoms with van der Waals surface area (Å²) in [5, 5.41) is 3.25. The van der Waals surface area contributed by atoms with Gasteiger partial charge in [0.05, 0.1) is 6.26 Å². The number of benzene rings is 1. The van der Waals surface area contributed by atoms with Crippen molar-refractivity contribution in [1.82, 2.24) is 10.0 Å². The Balaban J connectivity index is 2.05. The lowest BCUT2D eigenvalue weighted by atomic mass is 10.2. The Morgan fingerprint density at radius 3 is 2.44 bits per heavy atom. The number of sulfonamides is 1. The Bertz CT molecular complexity index is 390. The van der Waals surface area contributed by atoms with Crippen LogP contribution in [0.4, 0.5) is 0 Å². The molecule has 0 aliphatic heterocycles. The van der Waals surface area contributed by atoms with E-state index in [1.54, 1.807) is 0 Å². The molecule has 1 rings (SSSR count). The molecule has 0 saturated heterocycles. The highest BCUT2D eigenvalue weighted by atomic mass is 32.2. The zero-order valence-electron chi connectivity index (χ0n) is 9.44. The van der Waals surface area contributed by atoms with E-state index >= 15 is 0 Å². The van der Waals surface area contributed by atoms with E-state index in [-0.39, 0.29) is 0 Å². The summed E-state index contributed by atoms with van der Waals surface area (Å²) < 4.78 is 24.0. The zero-order chi connectivity index (χ0) is 11.9. The van der Waals surface area contributed by atoms with Gasteiger partial charge in [0.2, 0.25) is 10.0 Å². The van der Waals surface area contributed by atoms with E-state index in [1.165, 1.54) is 11.8 Å². The van der Waals surface area contributed by atoms with Crippen molar-refractivity contribution >= 4 is 10.0 Å². The van der Waals surface area contributed by atoms with E-state index in [2.05, 4.69) is 22.2 Å². The quantitative estimate of drug-likeness (QED) is 0.693. The third kappa shape index (κ3) is 6.55. The van der Waals surface area contributed by atoms with Crippen molar-refractivity contribution in [2.24, 2.45) is 0 Å². The molecule has 0 aliphatic carbocycles. The van der Waals surface area contributed by atoms with Crippen molar-refractivity contribution in [1.29, 1.82) is 0 Å². The normalized spacial score (nSPS) is 11.6. The van der Waals surface area contributed by atoms with Gasteiger partial charge in [0.15, 0.2) is 0 Å². The minimum Gasteiger partial charge on any atom is -0.313 e. The summed E-state index contributed by atoms with van der Waals surface area (Å²) in [6.07, 6.45) is 1.96. The van der Waals surface area contributed by atoms with Crippen LogP contribution in [-0.4, -0.2) is 27.8 Å². The van der Waals surface area contributed by atoms with Crippen LogP contribution in [0.5, 0.6) is 0 Å². The average Bonchev–Trinajstić information content (AvgIpc) is 2.23. The van der Waals surface area contributed by atoms with E-state index in [1.807, 2.05) is 18.2 Å². The lowest BCUT2D eigenvalue weighted by molar-refractivity contribution is 0.579.